The number of nitrogens with zero attached hydrogens (tertiary/aromatic N) is 1. The van der Waals surface area contributed by atoms with Crippen LogP contribution in [0.5, 0.6) is 0 Å². The third kappa shape index (κ3) is 2.50. The van der Waals surface area contributed by atoms with Crippen LogP contribution in [0.1, 0.15) is 11.4 Å². The van der Waals surface area contributed by atoms with Gasteiger partial charge < -0.3 is 9.82 Å². The summed E-state index contributed by atoms with van der Waals surface area (Å²) in [7, 11) is 1.31. The summed E-state index contributed by atoms with van der Waals surface area (Å²) in [5.41, 5.74) is -0.556. The van der Waals surface area contributed by atoms with Crippen molar-refractivity contribution >= 4 is 6.21 Å². The monoisotopic (exact) mass is 192 g/mol. The van der Waals surface area contributed by atoms with Crippen molar-refractivity contribution in [2.24, 2.45) is 5.16 Å². The third-order valence-corrected chi connectivity index (χ3v) is 1.31. The molecule has 6 heteroatoms. The molecule has 1 rings (SSSR count). The van der Waals surface area contributed by atoms with E-state index in [9.17, 15) is 13.2 Å². The Morgan fingerprint density at radius 3 is 2.62 bits per heavy atom. The van der Waals surface area contributed by atoms with Crippen LogP contribution in [0.25, 0.3) is 0 Å². The van der Waals surface area contributed by atoms with Gasteiger partial charge in [-0.2, -0.15) is 13.2 Å². The second-order valence-corrected chi connectivity index (χ2v) is 2.24. The summed E-state index contributed by atoms with van der Waals surface area (Å²) in [5.74, 6) is 0. The second kappa shape index (κ2) is 3.51. The van der Waals surface area contributed by atoms with Crippen molar-refractivity contribution < 1.29 is 18.0 Å². The van der Waals surface area contributed by atoms with Crippen LogP contribution in [0.15, 0.2) is 17.3 Å². The maximum Gasteiger partial charge on any atom is 0.431 e. The van der Waals surface area contributed by atoms with E-state index in [2.05, 4.69) is 15.0 Å². The molecule has 0 amide bonds. The molecule has 13 heavy (non-hydrogen) atoms. The summed E-state index contributed by atoms with van der Waals surface area (Å²) in [5, 5.41) is 3.31. The SMILES string of the molecule is CO/N=C/c1ccc(C(F)(F)F)[nH]1. The number of H-pyrrole nitrogens is 1. The Bertz CT molecular complexity index is 303. The molecular weight excluding hydrogens is 185 g/mol. The molecule has 1 aromatic rings. The minimum Gasteiger partial charge on any atom is -0.399 e. The predicted molar refractivity (Wildman–Crippen MR) is 40.4 cm³/mol. The summed E-state index contributed by atoms with van der Waals surface area (Å²) < 4.78 is 36.0. The van der Waals surface area contributed by atoms with E-state index in [1.807, 2.05) is 0 Å². The highest BCUT2D eigenvalue weighted by Crippen LogP contribution is 2.27. The normalized spacial score (nSPS) is 12.3. The van der Waals surface area contributed by atoms with Gasteiger partial charge in [-0.15, -0.1) is 0 Å². The Labute approximate surface area is 72.2 Å². The average Bonchev–Trinajstić information content (AvgIpc) is 2.47. The van der Waals surface area contributed by atoms with Crippen molar-refractivity contribution in [3.05, 3.63) is 23.5 Å². The molecule has 0 unspecified atom stereocenters. The van der Waals surface area contributed by atoms with E-state index < -0.39 is 11.9 Å². The van der Waals surface area contributed by atoms with Gasteiger partial charge in [0.2, 0.25) is 0 Å². The maximum atomic E-state index is 12.0. The van der Waals surface area contributed by atoms with E-state index in [-0.39, 0.29) is 5.69 Å². The zero-order chi connectivity index (χ0) is 9.90. The number of hydrogen-bond acceptors (Lipinski definition) is 2. The van der Waals surface area contributed by atoms with Crippen LogP contribution in [0.4, 0.5) is 13.2 Å². The smallest absolute Gasteiger partial charge is 0.399 e. The van der Waals surface area contributed by atoms with Gasteiger partial charge >= 0.3 is 6.18 Å². The number of aromatic amines is 1. The number of aromatic nitrogens is 1. The number of halogens is 3. The molecular formula is C7H7F3N2O. The Hall–Kier alpha value is -1.46. The summed E-state index contributed by atoms with van der Waals surface area (Å²) in [4.78, 5) is 6.44. The zero-order valence-electron chi connectivity index (χ0n) is 6.72. The van der Waals surface area contributed by atoms with Crippen LogP contribution in [0.3, 0.4) is 0 Å². The minimum atomic E-state index is -4.35. The molecule has 3 nitrogen and oxygen atoms in total. The van der Waals surface area contributed by atoms with E-state index in [0.717, 1.165) is 12.3 Å². The Morgan fingerprint density at radius 2 is 2.15 bits per heavy atom. The van der Waals surface area contributed by atoms with Crippen LogP contribution in [0.2, 0.25) is 0 Å². The highest BCUT2D eigenvalue weighted by molar-refractivity contribution is 5.76. The molecule has 0 saturated heterocycles. The molecule has 0 bridgehead atoms. The van der Waals surface area contributed by atoms with Crippen molar-refractivity contribution in [1.82, 2.24) is 4.98 Å². The van der Waals surface area contributed by atoms with E-state index >= 15 is 0 Å². The number of nitrogens with one attached hydrogen (secondary N) is 1. The van der Waals surface area contributed by atoms with Gasteiger partial charge in [0.15, 0.2) is 0 Å². The fourth-order valence-corrected chi connectivity index (χ4v) is 0.762. The molecule has 1 aromatic heterocycles. The summed E-state index contributed by atoms with van der Waals surface area (Å²) in [6.45, 7) is 0. The first-order chi connectivity index (χ1) is 6.04. The number of oxime groups is 1. The standard InChI is InChI=1S/C7H7F3N2O/c1-13-11-4-5-2-3-6(12-5)7(8,9)10/h2-4,12H,1H3/b11-4+. The largest absolute Gasteiger partial charge is 0.431 e. The molecule has 0 aliphatic rings. The Kier molecular flexibility index (Phi) is 2.60. The first-order valence-electron chi connectivity index (χ1n) is 3.37. The zero-order valence-corrected chi connectivity index (χ0v) is 6.72. The second-order valence-electron chi connectivity index (χ2n) is 2.24. The molecule has 0 aliphatic carbocycles. The molecule has 0 radical (unpaired) electrons. The van der Waals surface area contributed by atoms with Crippen LogP contribution in [-0.2, 0) is 11.0 Å². The summed E-state index contributed by atoms with van der Waals surface area (Å²) in [6.07, 6.45) is -3.19. The van der Waals surface area contributed by atoms with Crippen molar-refractivity contribution in [3.63, 3.8) is 0 Å². The number of alkyl halides is 3. The van der Waals surface area contributed by atoms with Gasteiger partial charge in [-0.05, 0) is 12.1 Å². The van der Waals surface area contributed by atoms with Gasteiger partial charge in [-0.25, -0.2) is 0 Å². The van der Waals surface area contributed by atoms with Gasteiger partial charge in [0.25, 0.3) is 0 Å². The van der Waals surface area contributed by atoms with Crippen LogP contribution < -0.4 is 0 Å². The van der Waals surface area contributed by atoms with Gasteiger partial charge in [0.05, 0.1) is 11.9 Å². The van der Waals surface area contributed by atoms with E-state index in [4.69, 9.17) is 0 Å². The van der Waals surface area contributed by atoms with E-state index in [1.54, 1.807) is 0 Å². The maximum absolute atomic E-state index is 12.0. The average molecular weight is 192 g/mol. The molecule has 1 heterocycles. The van der Waals surface area contributed by atoms with Crippen molar-refractivity contribution in [2.75, 3.05) is 7.11 Å². The summed E-state index contributed by atoms with van der Waals surface area (Å²) >= 11 is 0. The predicted octanol–water partition coefficient (Wildman–Crippen LogP) is 2.01. The Morgan fingerprint density at radius 1 is 1.46 bits per heavy atom. The van der Waals surface area contributed by atoms with E-state index in [0.29, 0.717) is 0 Å². The van der Waals surface area contributed by atoms with E-state index in [1.165, 1.54) is 13.2 Å². The first-order valence-corrected chi connectivity index (χ1v) is 3.37. The Balaban J connectivity index is 2.81. The van der Waals surface area contributed by atoms with Gasteiger partial charge in [0, 0.05) is 0 Å². The van der Waals surface area contributed by atoms with Crippen molar-refractivity contribution in [2.45, 2.75) is 6.18 Å². The van der Waals surface area contributed by atoms with Gasteiger partial charge in [0.1, 0.15) is 12.8 Å². The fourth-order valence-electron chi connectivity index (χ4n) is 0.762. The third-order valence-electron chi connectivity index (χ3n) is 1.31. The molecule has 0 aliphatic heterocycles. The van der Waals surface area contributed by atoms with Crippen LogP contribution in [-0.4, -0.2) is 18.3 Å². The van der Waals surface area contributed by atoms with Crippen molar-refractivity contribution in [3.8, 4) is 0 Å². The summed E-state index contributed by atoms with van der Waals surface area (Å²) in [6, 6.07) is 2.21. The molecule has 0 fully saturated rings. The van der Waals surface area contributed by atoms with Crippen LogP contribution in [0, 0.1) is 0 Å². The number of rotatable bonds is 2. The molecule has 0 spiro atoms. The molecule has 1 N–H and O–H groups in total. The minimum absolute atomic E-state index is 0.245. The molecule has 0 saturated carbocycles. The molecule has 0 atom stereocenters. The topological polar surface area (TPSA) is 37.4 Å². The van der Waals surface area contributed by atoms with Crippen LogP contribution >= 0.6 is 0 Å². The molecule has 0 aromatic carbocycles. The van der Waals surface area contributed by atoms with Crippen molar-refractivity contribution in [1.29, 1.82) is 0 Å². The van der Waals surface area contributed by atoms with Gasteiger partial charge in [-0.1, -0.05) is 5.16 Å². The lowest BCUT2D eigenvalue weighted by atomic mass is 10.4. The first kappa shape index (κ1) is 9.63. The lowest BCUT2D eigenvalue weighted by molar-refractivity contribution is -0.140. The number of hydrogen-bond donors (Lipinski definition) is 1. The highest BCUT2D eigenvalue weighted by Gasteiger charge is 2.31. The van der Waals surface area contributed by atoms with Gasteiger partial charge in [-0.3, -0.25) is 0 Å². The highest BCUT2D eigenvalue weighted by atomic mass is 19.4. The lowest BCUT2D eigenvalue weighted by Crippen LogP contribution is -2.05. The fraction of sp³-hybridized carbons (Fsp3) is 0.286. The quantitative estimate of drug-likeness (QED) is 0.564. The lowest BCUT2D eigenvalue weighted by Gasteiger charge is -2.01. The molecule has 72 valence electrons.